The van der Waals surface area contributed by atoms with Gasteiger partial charge in [0.2, 0.25) is 0 Å². The fourth-order valence-electron chi connectivity index (χ4n) is 3.76. The lowest BCUT2D eigenvalue weighted by atomic mass is 9.72. The van der Waals surface area contributed by atoms with Gasteiger partial charge in [-0.3, -0.25) is 0 Å². The van der Waals surface area contributed by atoms with Crippen LogP contribution < -0.4 is 5.32 Å². The van der Waals surface area contributed by atoms with E-state index in [1.54, 1.807) is 7.05 Å². The maximum atomic E-state index is 14.2. The van der Waals surface area contributed by atoms with E-state index in [9.17, 15) is 8.78 Å². The second kappa shape index (κ2) is 6.84. The topological polar surface area (TPSA) is 21.3 Å². The SMILES string of the molecule is CCOC1(C(NC)c2c(F)cccc2F)CCCC(C)C1. The van der Waals surface area contributed by atoms with Crippen molar-refractivity contribution in [1.29, 1.82) is 0 Å². The molecule has 1 aliphatic carbocycles. The van der Waals surface area contributed by atoms with Gasteiger partial charge in [-0.05, 0) is 44.9 Å². The first kappa shape index (κ1) is 16.4. The molecule has 0 bridgehead atoms. The van der Waals surface area contributed by atoms with Gasteiger partial charge < -0.3 is 10.1 Å². The maximum absolute atomic E-state index is 14.2. The maximum Gasteiger partial charge on any atom is 0.131 e. The highest BCUT2D eigenvalue weighted by Gasteiger charge is 2.44. The van der Waals surface area contributed by atoms with Crippen LogP contribution in [0.1, 0.15) is 51.1 Å². The fraction of sp³-hybridized carbons (Fsp3) is 0.647. The molecule has 1 aliphatic rings. The molecule has 1 aromatic rings. The van der Waals surface area contributed by atoms with Gasteiger partial charge >= 0.3 is 0 Å². The molecule has 1 N–H and O–H groups in total. The number of hydrogen-bond acceptors (Lipinski definition) is 2. The van der Waals surface area contributed by atoms with E-state index in [-0.39, 0.29) is 5.56 Å². The van der Waals surface area contributed by atoms with Crippen LogP contribution in [0.4, 0.5) is 8.78 Å². The van der Waals surface area contributed by atoms with Crippen molar-refractivity contribution < 1.29 is 13.5 Å². The number of rotatable bonds is 5. The van der Waals surface area contributed by atoms with E-state index in [4.69, 9.17) is 4.74 Å². The summed E-state index contributed by atoms with van der Waals surface area (Å²) in [5.41, 5.74) is -0.438. The average Bonchev–Trinajstić information content (AvgIpc) is 2.43. The van der Waals surface area contributed by atoms with Crippen LogP contribution in [-0.2, 0) is 4.74 Å². The standard InChI is InChI=1S/C17H25F2NO/c1-4-21-17(10-6-7-12(2)11-17)16(20-3)15-13(18)8-5-9-14(15)19/h5,8-9,12,16,20H,4,6-7,10-11H2,1-3H3. The Morgan fingerprint density at radius 3 is 2.57 bits per heavy atom. The van der Waals surface area contributed by atoms with E-state index in [0.717, 1.165) is 25.7 Å². The molecule has 2 nitrogen and oxygen atoms in total. The van der Waals surface area contributed by atoms with Gasteiger partial charge in [0, 0.05) is 12.2 Å². The lowest BCUT2D eigenvalue weighted by Gasteiger charge is -2.45. The molecule has 0 heterocycles. The van der Waals surface area contributed by atoms with E-state index < -0.39 is 23.3 Å². The molecule has 0 radical (unpaired) electrons. The number of hydrogen-bond donors (Lipinski definition) is 1. The summed E-state index contributed by atoms with van der Waals surface area (Å²) in [6, 6.07) is 3.56. The van der Waals surface area contributed by atoms with Gasteiger partial charge in [0.15, 0.2) is 0 Å². The smallest absolute Gasteiger partial charge is 0.131 e. The Kier molecular flexibility index (Phi) is 5.33. The van der Waals surface area contributed by atoms with E-state index in [1.165, 1.54) is 18.2 Å². The van der Waals surface area contributed by atoms with Crippen LogP contribution in [0.25, 0.3) is 0 Å². The second-order valence-corrected chi connectivity index (χ2v) is 6.06. The molecular weight excluding hydrogens is 272 g/mol. The van der Waals surface area contributed by atoms with Crippen LogP contribution in [-0.4, -0.2) is 19.3 Å². The lowest BCUT2D eigenvalue weighted by Crippen LogP contribution is -2.49. The fourth-order valence-corrected chi connectivity index (χ4v) is 3.76. The van der Waals surface area contributed by atoms with Crippen LogP contribution in [0, 0.1) is 17.6 Å². The molecule has 0 amide bonds. The summed E-state index contributed by atoms with van der Waals surface area (Å²) in [5, 5.41) is 3.11. The van der Waals surface area contributed by atoms with Gasteiger partial charge in [0.1, 0.15) is 11.6 Å². The zero-order chi connectivity index (χ0) is 15.5. The van der Waals surface area contributed by atoms with Crippen LogP contribution in [0.15, 0.2) is 18.2 Å². The normalized spacial score (nSPS) is 27.6. The predicted octanol–water partition coefficient (Wildman–Crippen LogP) is 4.21. The van der Waals surface area contributed by atoms with E-state index in [2.05, 4.69) is 12.2 Å². The lowest BCUT2D eigenvalue weighted by molar-refractivity contribution is -0.102. The van der Waals surface area contributed by atoms with E-state index in [1.807, 2.05) is 6.92 Å². The van der Waals surface area contributed by atoms with Gasteiger partial charge in [0.05, 0.1) is 11.6 Å². The molecule has 118 valence electrons. The largest absolute Gasteiger partial charge is 0.373 e. The van der Waals surface area contributed by atoms with E-state index in [0.29, 0.717) is 12.5 Å². The number of benzene rings is 1. The predicted molar refractivity (Wildman–Crippen MR) is 80.1 cm³/mol. The number of ether oxygens (including phenoxy) is 1. The number of halogens is 2. The average molecular weight is 297 g/mol. The van der Waals surface area contributed by atoms with Crippen molar-refractivity contribution in [3.05, 3.63) is 35.4 Å². The number of nitrogens with one attached hydrogen (secondary N) is 1. The first-order valence-electron chi connectivity index (χ1n) is 7.79. The zero-order valence-corrected chi connectivity index (χ0v) is 13.1. The van der Waals surface area contributed by atoms with Crippen molar-refractivity contribution in [3.63, 3.8) is 0 Å². The molecular formula is C17H25F2NO. The molecule has 0 aliphatic heterocycles. The van der Waals surface area contributed by atoms with Crippen molar-refractivity contribution in [3.8, 4) is 0 Å². The van der Waals surface area contributed by atoms with Gasteiger partial charge in [-0.2, -0.15) is 0 Å². The third kappa shape index (κ3) is 3.27. The number of likely N-dealkylation sites (N-methyl/N-ethyl adjacent to an activating group) is 1. The molecule has 3 unspecified atom stereocenters. The summed E-state index contributed by atoms with van der Waals surface area (Å²) in [6.07, 6.45) is 3.81. The van der Waals surface area contributed by atoms with Gasteiger partial charge in [0.25, 0.3) is 0 Å². The molecule has 21 heavy (non-hydrogen) atoms. The summed E-state index contributed by atoms with van der Waals surface area (Å²) in [4.78, 5) is 0. The highest BCUT2D eigenvalue weighted by atomic mass is 19.1. The molecule has 0 spiro atoms. The third-order valence-corrected chi connectivity index (χ3v) is 4.53. The minimum atomic E-state index is -0.537. The summed E-state index contributed by atoms with van der Waals surface area (Å²) < 4.78 is 34.5. The Bertz CT molecular complexity index is 456. The molecule has 2 rings (SSSR count). The summed E-state index contributed by atoms with van der Waals surface area (Å²) in [7, 11) is 1.75. The highest BCUT2D eigenvalue weighted by molar-refractivity contribution is 5.26. The molecule has 1 fully saturated rings. The quantitative estimate of drug-likeness (QED) is 0.879. The first-order chi connectivity index (χ1) is 10.0. The Balaban J connectivity index is 2.45. The summed E-state index contributed by atoms with van der Waals surface area (Å²) in [5.74, 6) is -0.519. The molecule has 1 aromatic carbocycles. The van der Waals surface area contributed by atoms with Crippen LogP contribution in [0.3, 0.4) is 0 Å². The highest BCUT2D eigenvalue weighted by Crippen LogP contribution is 2.44. The Labute approximate surface area is 125 Å². The Morgan fingerprint density at radius 2 is 2.05 bits per heavy atom. The zero-order valence-electron chi connectivity index (χ0n) is 13.1. The third-order valence-electron chi connectivity index (χ3n) is 4.53. The molecule has 4 heteroatoms. The van der Waals surface area contributed by atoms with Crippen molar-refractivity contribution in [2.75, 3.05) is 13.7 Å². The van der Waals surface area contributed by atoms with Crippen molar-refractivity contribution in [2.24, 2.45) is 5.92 Å². The van der Waals surface area contributed by atoms with Crippen molar-refractivity contribution in [1.82, 2.24) is 5.32 Å². The van der Waals surface area contributed by atoms with Crippen LogP contribution in [0.5, 0.6) is 0 Å². The minimum absolute atomic E-state index is 0.0996. The molecule has 1 saturated carbocycles. The van der Waals surface area contributed by atoms with Crippen LogP contribution in [0.2, 0.25) is 0 Å². The monoisotopic (exact) mass is 297 g/mol. The molecule has 0 aromatic heterocycles. The van der Waals surface area contributed by atoms with Crippen LogP contribution >= 0.6 is 0 Å². The molecule has 3 atom stereocenters. The van der Waals surface area contributed by atoms with Gasteiger partial charge in [-0.1, -0.05) is 25.8 Å². The Morgan fingerprint density at radius 1 is 1.38 bits per heavy atom. The van der Waals surface area contributed by atoms with Crippen molar-refractivity contribution >= 4 is 0 Å². The van der Waals surface area contributed by atoms with Crippen molar-refractivity contribution in [2.45, 2.75) is 51.2 Å². The Hall–Kier alpha value is -1.00. The minimum Gasteiger partial charge on any atom is -0.373 e. The molecule has 0 saturated heterocycles. The van der Waals surface area contributed by atoms with Gasteiger partial charge in [-0.25, -0.2) is 8.78 Å². The second-order valence-electron chi connectivity index (χ2n) is 6.06. The summed E-state index contributed by atoms with van der Waals surface area (Å²) >= 11 is 0. The van der Waals surface area contributed by atoms with E-state index >= 15 is 0 Å². The van der Waals surface area contributed by atoms with Gasteiger partial charge in [-0.15, -0.1) is 0 Å². The first-order valence-corrected chi connectivity index (χ1v) is 7.79. The summed E-state index contributed by atoms with van der Waals surface area (Å²) in [6.45, 7) is 4.66.